The lowest BCUT2D eigenvalue weighted by Crippen LogP contribution is -2.06. The molecule has 6 nitrogen and oxygen atoms in total. The molecular weight excluding hydrogens is 421 g/mol. The van der Waals surface area contributed by atoms with Crippen LogP contribution < -0.4 is 0 Å². The van der Waals surface area contributed by atoms with E-state index in [2.05, 4.69) is 10.2 Å². The molecule has 0 bridgehead atoms. The smallest absolute Gasteiger partial charge is 0.337 e. The largest absolute Gasteiger partial charge is 0.478 e. The third kappa shape index (κ3) is 3.81. The van der Waals surface area contributed by atoms with Crippen molar-refractivity contribution in [2.75, 3.05) is 0 Å². The average molecular weight is 441 g/mol. The number of carbonyl (C=O) groups is 1. The van der Waals surface area contributed by atoms with Gasteiger partial charge in [0.05, 0.1) is 22.3 Å². The summed E-state index contributed by atoms with van der Waals surface area (Å²) in [5.74, 6) is -1.22. The Morgan fingerprint density at radius 2 is 1.93 bits per heavy atom. The Morgan fingerprint density at radius 1 is 1.27 bits per heavy atom. The van der Waals surface area contributed by atoms with Gasteiger partial charge in [-0.15, -0.1) is 0 Å². The van der Waals surface area contributed by atoms with Crippen LogP contribution in [-0.2, 0) is 12.7 Å². The van der Waals surface area contributed by atoms with Crippen molar-refractivity contribution in [2.45, 2.75) is 38.8 Å². The van der Waals surface area contributed by atoms with Crippen molar-refractivity contribution in [1.29, 1.82) is 0 Å². The predicted octanol–water partition coefficient (Wildman–Crippen LogP) is 5.55. The van der Waals surface area contributed by atoms with Gasteiger partial charge >= 0.3 is 5.97 Å². The van der Waals surface area contributed by atoms with Crippen LogP contribution in [0.4, 0.5) is 13.2 Å². The van der Waals surface area contributed by atoms with E-state index in [9.17, 15) is 23.1 Å². The van der Waals surface area contributed by atoms with Crippen LogP contribution in [0.3, 0.4) is 0 Å². The summed E-state index contributed by atoms with van der Waals surface area (Å²) in [6, 6.07) is 4.40. The van der Waals surface area contributed by atoms with Crippen molar-refractivity contribution in [3.8, 4) is 16.9 Å². The van der Waals surface area contributed by atoms with Crippen LogP contribution in [0.1, 0.15) is 54.7 Å². The van der Waals surface area contributed by atoms with Gasteiger partial charge < -0.3 is 5.11 Å². The van der Waals surface area contributed by atoms with E-state index < -0.39 is 23.6 Å². The minimum absolute atomic E-state index is 0.0346. The first-order valence-electron chi connectivity index (χ1n) is 9.34. The van der Waals surface area contributed by atoms with E-state index in [4.69, 9.17) is 11.6 Å². The van der Waals surface area contributed by atoms with Crippen molar-refractivity contribution in [3.63, 3.8) is 0 Å². The Labute approximate surface area is 175 Å². The third-order valence-electron chi connectivity index (χ3n) is 4.71. The number of nitrogens with zero attached hydrogens (tertiary/aromatic N) is 4. The molecule has 0 atom stereocenters. The van der Waals surface area contributed by atoms with Gasteiger partial charge in [-0.25, -0.2) is 22.6 Å². The van der Waals surface area contributed by atoms with E-state index in [-0.39, 0.29) is 34.9 Å². The van der Waals surface area contributed by atoms with Gasteiger partial charge in [0.2, 0.25) is 0 Å². The number of carboxylic acids is 1. The quantitative estimate of drug-likeness (QED) is 0.564. The lowest BCUT2D eigenvalue weighted by molar-refractivity contribution is 0.0697. The molecule has 3 aromatic rings. The van der Waals surface area contributed by atoms with Crippen LogP contribution in [0, 0.1) is 0 Å². The van der Waals surface area contributed by atoms with Gasteiger partial charge in [0.25, 0.3) is 6.43 Å². The van der Waals surface area contributed by atoms with Gasteiger partial charge in [0.1, 0.15) is 5.69 Å². The highest BCUT2D eigenvalue weighted by Gasteiger charge is 2.51. The highest BCUT2D eigenvalue weighted by Crippen LogP contribution is 2.52. The Hall–Kier alpha value is -2.81. The molecule has 160 valence electrons. The molecule has 0 amide bonds. The SMILES string of the molecule is CC.Cn1nc(C2(F)CC2)c(C(F)F)c1-n1cc(-c2ccc(Cl)c(C(=O)O)c2)cn1. The third-order valence-corrected chi connectivity index (χ3v) is 5.04. The maximum atomic E-state index is 14.5. The Bertz CT molecular complexity index is 1090. The molecule has 10 heteroatoms. The van der Waals surface area contributed by atoms with Gasteiger partial charge in [0, 0.05) is 18.8 Å². The van der Waals surface area contributed by atoms with Crippen molar-refractivity contribution in [3.05, 3.63) is 52.4 Å². The molecule has 1 saturated carbocycles. The summed E-state index contributed by atoms with van der Waals surface area (Å²) in [4.78, 5) is 11.3. The van der Waals surface area contributed by atoms with Crippen molar-refractivity contribution >= 4 is 17.6 Å². The first-order valence-corrected chi connectivity index (χ1v) is 9.72. The lowest BCUT2D eigenvalue weighted by Gasteiger charge is -2.07. The fraction of sp³-hybridized carbons (Fsp3) is 0.350. The van der Waals surface area contributed by atoms with Gasteiger partial charge in [-0.3, -0.25) is 4.68 Å². The number of carboxylic acid groups (broad SMARTS) is 1. The van der Waals surface area contributed by atoms with Gasteiger partial charge in [-0.05, 0) is 30.5 Å². The molecule has 0 spiro atoms. The van der Waals surface area contributed by atoms with Crippen LogP contribution in [0.15, 0.2) is 30.6 Å². The molecule has 30 heavy (non-hydrogen) atoms. The Kier molecular flexibility index (Phi) is 5.94. The Morgan fingerprint density at radius 3 is 2.50 bits per heavy atom. The zero-order valence-corrected chi connectivity index (χ0v) is 17.3. The van der Waals surface area contributed by atoms with Crippen molar-refractivity contribution < 1.29 is 23.1 Å². The monoisotopic (exact) mass is 440 g/mol. The summed E-state index contributed by atoms with van der Waals surface area (Å²) in [5, 5.41) is 17.4. The number of hydrogen-bond acceptors (Lipinski definition) is 3. The Balaban J connectivity index is 0.00000124. The highest BCUT2D eigenvalue weighted by atomic mass is 35.5. The number of aryl methyl sites for hydroxylation is 1. The molecule has 0 aliphatic heterocycles. The standard InChI is InChI=1S/C18H14ClF3N4O2.C2H6/c1-25-16(13(15(20)21)14(24-25)18(22)4-5-18)26-8-10(7-23-26)9-2-3-12(19)11(6-9)17(27)28;1-2/h2-3,6-8,15H,4-5H2,1H3,(H,27,28);1-2H3. The van der Waals surface area contributed by atoms with E-state index in [0.29, 0.717) is 11.1 Å². The summed E-state index contributed by atoms with van der Waals surface area (Å²) < 4.78 is 44.3. The van der Waals surface area contributed by atoms with Crippen LogP contribution in [0.5, 0.6) is 0 Å². The number of aromatic carboxylic acids is 1. The topological polar surface area (TPSA) is 72.9 Å². The summed E-state index contributed by atoms with van der Waals surface area (Å²) in [6.07, 6.45) is 0.263. The zero-order chi connectivity index (χ0) is 22.2. The second-order valence-corrected chi connectivity index (χ2v) is 7.06. The fourth-order valence-electron chi connectivity index (χ4n) is 3.14. The minimum atomic E-state index is -2.92. The molecule has 0 saturated heterocycles. The van der Waals surface area contributed by atoms with Gasteiger partial charge in [-0.2, -0.15) is 10.2 Å². The molecule has 2 aromatic heterocycles. The van der Waals surface area contributed by atoms with Crippen molar-refractivity contribution in [1.82, 2.24) is 19.6 Å². The second-order valence-electron chi connectivity index (χ2n) is 6.65. The van der Waals surface area contributed by atoms with Gasteiger partial charge in [-0.1, -0.05) is 31.5 Å². The van der Waals surface area contributed by atoms with E-state index >= 15 is 0 Å². The second kappa shape index (κ2) is 8.14. The molecule has 1 N–H and O–H groups in total. The van der Waals surface area contributed by atoms with Crippen LogP contribution in [0.2, 0.25) is 5.02 Å². The zero-order valence-electron chi connectivity index (χ0n) is 16.5. The molecule has 1 aromatic carbocycles. The van der Waals surface area contributed by atoms with Crippen molar-refractivity contribution in [2.24, 2.45) is 7.05 Å². The van der Waals surface area contributed by atoms with Crippen LogP contribution in [0.25, 0.3) is 16.9 Å². The van der Waals surface area contributed by atoms with Gasteiger partial charge in [0.15, 0.2) is 11.5 Å². The minimum Gasteiger partial charge on any atom is -0.478 e. The average Bonchev–Trinajstić information content (AvgIpc) is 3.13. The number of rotatable bonds is 5. The molecule has 4 rings (SSSR count). The first kappa shape index (κ1) is 21.9. The number of aromatic nitrogens is 4. The fourth-order valence-corrected chi connectivity index (χ4v) is 3.34. The maximum absolute atomic E-state index is 14.5. The molecule has 2 heterocycles. The summed E-state index contributed by atoms with van der Waals surface area (Å²) in [5.41, 5.74) is -1.65. The van der Waals surface area contributed by atoms with E-state index in [1.807, 2.05) is 13.8 Å². The number of hydrogen-bond donors (Lipinski definition) is 1. The lowest BCUT2D eigenvalue weighted by atomic mass is 10.1. The maximum Gasteiger partial charge on any atom is 0.337 e. The predicted molar refractivity (Wildman–Crippen MR) is 106 cm³/mol. The van der Waals surface area contributed by atoms with E-state index in [1.165, 1.54) is 40.9 Å². The summed E-state index contributed by atoms with van der Waals surface area (Å²) in [7, 11) is 1.45. The molecular formula is C20H20ClF3N4O2. The molecule has 0 unspecified atom stereocenters. The van der Waals surface area contributed by atoms with Crippen LogP contribution >= 0.6 is 11.6 Å². The molecule has 0 radical (unpaired) electrons. The van der Waals surface area contributed by atoms with E-state index in [0.717, 1.165) is 0 Å². The molecule has 1 aliphatic rings. The first-order chi connectivity index (χ1) is 14.2. The van der Waals surface area contributed by atoms with Crippen LogP contribution in [-0.4, -0.2) is 30.6 Å². The number of halogens is 4. The number of alkyl halides is 3. The summed E-state index contributed by atoms with van der Waals surface area (Å²) >= 11 is 5.88. The number of benzene rings is 1. The highest BCUT2D eigenvalue weighted by molar-refractivity contribution is 6.33. The summed E-state index contributed by atoms with van der Waals surface area (Å²) in [6.45, 7) is 4.00. The van der Waals surface area contributed by atoms with E-state index in [1.54, 1.807) is 6.07 Å². The molecule has 1 fully saturated rings. The molecule has 1 aliphatic carbocycles. The normalized spacial score (nSPS) is 14.4.